The van der Waals surface area contributed by atoms with Crippen LogP contribution in [0.1, 0.15) is 65.2 Å². The number of rotatable bonds is 5. The van der Waals surface area contributed by atoms with Gasteiger partial charge in [-0.2, -0.15) is 0 Å². The van der Waals surface area contributed by atoms with Gasteiger partial charge in [-0.15, -0.1) is 0 Å². The Hall–Kier alpha value is -1.19. The zero-order valence-electron chi connectivity index (χ0n) is 13.6. The van der Waals surface area contributed by atoms with Crippen molar-refractivity contribution < 1.29 is 13.6 Å². The van der Waals surface area contributed by atoms with E-state index in [9.17, 15) is 13.6 Å². The molecule has 0 atom stereocenters. The normalized spacial score (nSPS) is 21.8. The highest BCUT2D eigenvalue weighted by Crippen LogP contribution is 2.41. The van der Waals surface area contributed by atoms with Crippen LogP contribution in [-0.2, 0) is 4.79 Å². The van der Waals surface area contributed by atoms with Crippen LogP contribution >= 0.6 is 0 Å². The Balaban J connectivity index is 2.07. The predicted molar refractivity (Wildman–Crippen MR) is 84.0 cm³/mol. The molecule has 0 aromatic carbocycles. The van der Waals surface area contributed by atoms with Crippen LogP contribution in [0.15, 0.2) is 23.4 Å². The third-order valence-electron chi connectivity index (χ3n) is 4.79. The van der Waals surface area contributed by atoms with Gasteiger partial charge >= 0.3 is 0 Å². The van der Waals surface area contributed by atoms with Crippen LogP contribution in [-0.4, -0.2) is 5.91 Å². The van der Waals surface area contributed by atoms with Crippen molar-refractivity contribution >= 4 is 5.91 Å². The van der Waals surface area contributed by atoms with E-state index in [4.69, 9.17) is 0 Å². The van der Waals surface area contributed by atoms with Crippen LogP contribution in [0.4, 0.5) is 8.78 Å². The van der Waals surface area contributed by atoms with Gasteiger partial charge in [0.1, 0.15) is 5.83 Å². The van der Waals surface area contributed by atoms with E-state index >= 15 is 0 Å². The lowest BCUT2D eigenvalue weighted by molar-refractivity contribution is -0.132. The van der Waals surface area contributed by atoms with E-state index in [2.05, 4.69) is 19.2 Å². The molecule has 22 heavy (non-hydrogen) atoms. The molecule has 2 aliphatic rings. The maximum atomic E-state index is 13.3. The van der Waals surface area contributed by atoms with Crippen molar-refractivity contribution in [3.63, 3.8) is 0 Å². The van der Waals surface area contributed by atoms with Gasteiger partial charge in [0.25, 0.3) is 0 Å². The Morgan fingerprint density at radius 1 is 1.27 bits per heavy atom. The third-order valence-corrected chi connectivity index (χ3v) is 4.79. The van der Waals surface area contributed by atoms with Gasteiger partial charge in [0, 0.05) is 24.0 Å². The highest BCUT2D eigenvalue weighted by Gasteiger charge is 2.39. The number of carbonyl (C=O) groups is 1. The summed E-state index contributed by atoms with van der Waals surface area (Å²) < 4.78 is 26.4. The molecule has 1 radical (unpaired) electrons. The predicted octanol–water partition coefficient (Wildman–Crippen LogP) is 5.13. The van der Waals surface area contributed by atoms with Crippen molar-refractivity contribution in [2.45, 2.75) is 65.2 Å². The molecule has 0 aromatic rings. The van der Waals surface area contributed by atoms with E-state index in [1.165, 1.54) is 12.8 Å². The van der Waals surface area contributed by atoms with Gasteiger partial charge in [0.2, 0.25) is 5.91 Å². The molecule has 4 heteroatoms. The summed E-state index contributed by atoms with van der Waals surface area (Å²) >= 11 is 0. The number of hydrogen-bond donors (Lipinski definition) is 1. The Morgan fingerprint density at radius 2 is 1.95 bits per heavy atom. The second-order valence-corrected chi connectivity index (χ2v) is 6.99. The van der Waals surface area contributed by atoms with Gasteiger partial charge in [-0.3, -0.25) is 4.79 Å². The quantitative estimate of drug-likeness (QED) is 0.749. The van der Waals surface area contributed by atoms with Crippen molar-refractivity contribution in [3.05, 3.63) is 29.8 Å². The lowest BCUT2D eigenvalue weighted by Crippen LogP contribution is -2.42. The summed E-state index contributed by atoms with van der Waals surface area (Å²) in [6.07, 6.45) is 9.51. The first-order valence-electron chi connectivity index (χ1n) is 8.33. The van der Waals surface area contributed by atoms with Crippen molar-refractivity contribution in [2.24, 2.45) is 11.3 Å². The van der Waals surface area contributed by atoms with E-state index in [0.717, 1.165) is 44.6 Å². The summed E-state index contributed by atoms with van der Waals surface area (Å²) in [6.45, 7) is 4.32. The van der Waals surface area contributed by atoms with E-state index < -0.39 is 11.7 Å². The van der Waals surface area contributed by atoms with Gasteiger partial charge < -0.3 is 5.32 Å². The molecule has 0 saturated heterocycles. The highest BCUT2D eigenvalue weighted by molar-refractivity contribution is 5.84. The fraction of sp³-hybridized carbons (Fsp3) is 0.667. The Morgan fingerprint density at radius 3 is 2.55 bits per heavy atom. The van der Waals surface area contributed by atoms with E-state index in [1.54, 1.807) is 0 Å². The van der Waals surface area contributed by atoms with Crippen LogP contribution in [0.5, 0.6) is 0 Å². The summed E-state index contributed by atoms with van der Waals surface area (Å²) in [5, 5.41) is 2.83. The molecule has 0 bridgehead atoms. The summed E-state index contributed by atoms with van der Waals surface area (Å²) in [7, 11) is 0. The summed E-state index contributed by atoms with van der Waals surface area (Å²) in [6, 6.07) is 0. The van der Waals surface area contributed by atoms with Crippen LogP contribution in [0, 0.1) is 17.8 Å². The van der Waals surface area contributed by atoms with Crippen molar-refractivity contribution in [2.75, 3.05) is 0 Å². The number of carbonyl (C=O) groups excluding carboxylic acids is 1. The average Bonchev–Trinajstić information content (AvgIpc) is 2.50. The Labute approximate surface area is 132 Å². The molecule has 0 heterocycles. The molecular weight excluding hydrogens is 284 g/mol. The summed E-state index contributed by atoms with van der Waals surface area (Å²) in [4.78, 5) is 12.8. The number of halogens is 2. The summed E-state index contributed by atoms with van der Waals surface area (Å²) in [5.74, 6) is -1.12. The van der Waals surface area contributed by atoms with Crippen molar-refractivity contribution in [1.29, 1.82) is 0 Å². The van der Waals surface area contributed by atoms with Gasteiger partial charge in [-0.25, -0.2) is 8.78 Å². The molecule has 1 amide bonds. The van der Waals surface area contributed by atoms with Crippen molar-refractivity contribution in [3.8, 4) is 0 Å². The van der Waals surface area contributed by atoms with E-state index in [-0.39, 0.29) is 17.7 Å². The van der Waals surface area contributed by atoms with Gasteiger partial charge in [0.15, 0.2) is 5.83 Å². The molecule has 0 spiro atoms. The van der Waals surface area contributed by atoms with Gasteiger partial charge in [-0.1, -0.05) is 33.1 Å². The monoisotopic (exact) mass is 310 g/mol. The molecule has 2 rings (SSSR count). The fourth-order valence-corrected chi connectivity index (χ4v) is 3.31. The molecule has 0 unspecified atom stereocenters. The first kappa shape index (κ1) is 17.2. The molecule has 1 N–H and O–H groups in total. The number of hydrogen-bond acceptors (Lipinski definition) is 1. The Bertz CT molecular complexity index is 473. The van der Waals surface area contributed by atoms with Crippen LogP contribution in [0.2, 0.25) is 0 Å². The Kier molecular flexibility index (Phi) is 5.76. The number of amides is 1. The minimum absolute atomic E-state index is 0.0227. The molecule has 0 aromatic heterocycles. The van der Waals surface area contributed by atoms with Gasteiger partial charge in [-0.05, 0) is 37.7 Å². The molecule has 123 valence electrons. The van der Waals surface area contributed by atoms with Crippen LogP contribution < -0.4 is 5.32 Å². The first-order chi connectivity index (χ1) is 10.4. The van der Waals surface area contributed by atoms with Gasteiger partial charge in [0.05, 0.1) is 0 Å². The standard InChI is InChI=1S/C18H26F2NO/c1-13(2)8-11-18(9-4-3-5-10-18)17(22)21-14-6-7-15(19)16(20)12-14/h6,12-13H,3-5,7-11H2,1-2H3,(H,21,22). The van der Waals surface area contributed by atoms with Crippen molar-refractivity contribution in [1.82, 2.24) is 5.32 Å². The lowest BCUT2D eigenvalue weighted by atomic mass is 9.69. The minimum atomic E-state index is -0.877. The molecule has 0 aliphatic heterocycles. The SMILES string of the molecule is CC(C)CCC1(C(=O)NC2=CC(F)=C(F)C[CH]2)CCCCC1. The first-order valence-corrected chi connectivity index (χ1v) is 8.33. The van der Waals surface area contributed by atoms with Crippen LogP contribution in [0.3, 0.4) is 0 Å². The highest BCUT2D eigenvalue weighted by atomic mass is 19.2. The van der Waals surface area contributed by atoms with E-state index in [0.29, 0.717) is 11.6 Å². The molecule has 2 aliphatic carbocycles. The second kappa shape index (κ2) is 7.38. The zero-order chi connectivity index (χ0) is 16.2. The topological polar surface area (TPSA) is 29.1 Å². The largest absolute Gasteiger partial charge is 0.329 e. The van der Waals surface area contributed by atoms with Crippen LogP contribution in [0.25, 0.3) is 0 Å². The molecule has 1 fully saturated rings. The summed E-state index contributed by atoms with van der Waals surface area (Å²) in [5.41, 5.74) is 0.0475. The minimum Gasteiger partial charge on any atom is -0.329 e. The zero-order valence-corrected chi connectivity index (χ0v) is 13.6. The average molecular weight is 310 g/mol. The second-order valence-electron chi connectivity index (χ2n) is 6.99. The maximum absolute atomic E-state index is 13.3. The number of nitrogens with one attached hydrogen (secondary N) is 1. The van der Waals surface area contributed by atoms with E-state index in [1.807, 2.05) is 0 Å². The maximum Gasteiger partial charge on any atom is 0.230 e. The molecule has 1 saturated carbocycles. The smallest absolute Gasteiger partial charge is 0.230 e. The lowest BCUT2D eigenvalue weighted by Gasteiger charge is -2.37. The fourth-order valence-electron chi connectivity index (χ4n) is 3.31. The molecule has 2 nitrogen and oxygen atoms in total. The molecular formula is C18H26F2NO. The third kappa shape index (κ3) is 4.17. The number of allylic oxidation sites excluding steroid dienone is 4.